The third kappa shape index (κ3) is 15.8. The lowest BCUT2D eigenvalue weighted by molar-refractivity contribution is -0.148. The lowest BCUT2D eigenvalue weighted by Gasteiger charge is -2.54. The van der Waals surface area contributed by atoms with Crippen LogP contribution in [0.3, 0.4) is 0 Å². The first-order valence-electron chi connectivity index (χ1n) is 25.0. The summed E-state index contributed by atoms with van der Waals surface area (Å²) in [6.45, 7) is 22.4. The van der Waals surface area contributed by atoms with E-state index in [1.54, 1.807) is 9.80 Å². The first-order chi connectivity index (χ1) is 27.8. The number of carbonyl (C=O) groups excluding carboxylic acids is 4. The van der Waals surface area contributed by atoms with Gasteiger partial charge < -0.3 is 5.32 Å². The molecule has 0 aromatic rings. The zero-order valence-electron chi connectivity index (χ0n) is 40.6. The fourth-order valence-corrected chi connectivity index (χ4v) is 11.5. The van der Waals surface area contributed by atoms with Gasteiger partial charge in [-0.3, -0.25) is 33.9 Å². The molecule has 342 valence electrons. The number of nitrogens with zero attached hydrogens (tertiary/aromatic N) is 3. The summed E-state index contributed by atoms with van der Waals surface area (Å²) in [5.41, 5.74) is -0.163. The maximum absolute atomic E-state index is 13.1. The molecule has 4 fully saturated rings. The molecule has 4 saturated heterocycles. The monoisotopic (exact) mass is 827 g/mol. The summed E-state index contributed by atoms with van der Waals surface area (Å²) in [6, 6.07) is 0.0891. The minimum absolute atomic E-state index is 0.0123. The zero-order chi connectivity index (χ0) is 43.9. The molecular weight excluding hydrogens is 733 g/mol. The van der Waals surface area contributed by atoms with Crippen LogP contribution in [0.15, 0.2) is 0 Å². The van der Waals surface area contributed by atoms with Crippen LogP contribution in [0.4, 0.5) is 0 Å². The van der Waals surface area contributed by atoms with Crippen molar-refractivity contribution < 1.29 is 19.2 Å². The van der Waals surface area contributed by atoms with Crippen LogP contribution in [-0.4, -0.2) is 79.6 Å². The number of nitrogens with one attached hydrogen (secondary N) is 1. The average molecular weight is 827 g/mol. The summed E-state index contributed by atoms with van der Waals surface area (Å²) >= 11 is 0. The van der Waals surface area contributed by atoms with E-state index in [0.29, 0.717) is 25.2 Å². The first kappa shape index (κ1) is 51.5. The van der Waals surface area contributed by atoms with Crippen LogP contribution in [0.1, 0.15) is 249 Å². The summed E-state index contributed by atoms with van der Waals surface area (Å²) in [5.74, 6) is 0.520. The molecule has 4 amide bonds. The Balaban J connectivity index is 0.000000316. The van der Waals surface area contributed by atoms with E-state index in [1.807, 2.05) is 0 Å². The Kier molecular flexibility index (Phi) is 21.1. The molecule has 3 atom stereocenters. The molecule has 0 radical (unpaired) electrons. The second-order valence-electron chi connectivity index (χ2n) is 22.0. The Labute approximate surface area is 363 Å². The quantitative estimate of drug-likeness (QED) is 0.0770. The van der Waals surface area contributed by atoms with Gasteiger partial charge in [0, 0.05) is 59.4 Å². The standard InChI is InChI=1S/C26H48N2O2.C25H46N2O2/c1-7-8-9-10-11-12-13-14-15-16-17-21-18-23(29)28(24(21)30)22-19-25(2,3)27(6)26(4,5)20-22;1-6-7-8-9-10-11-12-13-14-15-16-20-21(27-22(28)17-18-23(27)29)19-24(2,3)26-25(20,4)5/h21-22H,7-20H2,1-6H3;20-21,26H,6-19H2,1-5H3. The molecule has 4 rings (SSSR count). The van der Waals surface area contributed by atoms with Gasteiger partial charge in [-0.25, -0.2) is 0 Å². The minimum atomic E-state index is -0.0746. The number of imide groups is 2. The first-order valence-corrected chi connectivity index (χ1v) is 25.0. The maximum Gasteiger partial charge on any atom is 0.233 e. The molecule has 0 saturated carbocycles. The van der Waals surface area contributed by atoms with Crippen LogP contribution < -0.4 is 5.32 Å². The fraction of sp³-hybridized carbons (Fsp3) is 0.922. The predicted octanol–water partition coefficient (Wildman–Crippen LogP) is 12.3. The average Bonchev–Trinajstić information content (AvgIpc) is 3.63. The molecule has 4 aliphatic heterocycles. The molecular formula is C51H94N4O4. The maximum atomic E-state index is 13.1. The Hall–Kier alpha value is -1.80. The van der Waals surface area contributed by atoms with Crippen molar-refractivity contribution in [1.29, 1.82) is 0 Å². The van der Waals surface area contributed by atoms with Gasteiger partial charge in [-0.2, -0.15) is 0 Å². The van der Waals surface area contributed by atoms with Crippen molar-refractivity contribution in [3.05, 3.63) is 0 Å². The molecule has 0 aliphatic carbocycles. The summed E-state index contributed by atoms with van der Waals surface area (Å²) in [5, 5.41) is 3.80. The van der Waals surface area contributed by atoms with E-state index in [-0.39, 0.29) is 63.8 Å². The van der Waals surface area contributed by atoms with Crippen molar-refractivity contribution >= 4 is 23.6 Å². The van der Waals surface area contributed by atoms with Gasteiger partial charge in [0.05, 0.1) is 0 Å². The molecule has 4 aliphatic rings. The van der Waals surface area contributed by atoms with Crippen molar-refractivity contribution in [2.45, 2.75) is 283 Å². The molecule has 0 aromatic carbocycles. The van der Waals surface area contributed by atoms with E-state index in [1.165, 1.54) is 122 Å². The Morgan fingerprint density at radius 2 is 0.932 bits per heavy atom. The minimum Gasteiger partial charge on any atom is -0.306 e. The SMILES string of the molecule is CCCCCCCCCCCCC1C(N2C(=O)CCC2=O)CC(C)(C)NC1(C)C.CCCCCCCCCCCCC1CC(=O)N(C2CC(C)(C)N(C)C(C)(C)C2)C1=O. The van der Waals surface area contributed by atoms with Gasteiger partial charge >= 0.3 is 0 Å². The summed E-state index contributed by atoms with van der Waals surface area (Å²) in [7, 11) is 2.16. The molecule has 0 aromatic heterocycles. The fourth-order valence-electron chi connectivity index (χ4n) is 11.5. The lowest BCUT2D eigenvalue weighted by Crippen LogP contribution is -2.68. The molecule has 1 N–H and O–H groups in total. The van der Waals surface area contributed by atoms with Crippen molar-refractivity contribution in [1.82, 2.24) is 20.0 Å². The topological polar surface area (TPSA) is 90.0 Å². The van der Waals surface area contributed by atoms with Crippen LogP contribution >= 0.6 is 0 Å². The summed E-state index contributed by atoms with van der Waals surface area (Å²) in [6.07, 6.45) is 32.2. The van der Waals surface area contributed by atoms with Crippen molar-refractivity contribution in [3.8, 4) is 0 Å². The van der Waals surface area contributed by atoms with E-state index in [4.69, 9.17) is 0 Å². The largest absolute Gasteiger partial charge is 0.306 e. The van der Waals surface area contributed by atoms with Crippen molar-refractivity contribution in [3.63, 3.8) is 0 Å². The van der Waals surface area contributed by atoms with Crippen LogP contribution in [0.25, 0.3) is 0 Å². The van der Waals surface area contributed by atoms with Crippen LogP contribution in [0.2, 0.25) is 0 Å². The number of carbonyl (C=O) groups is 4. The number of hydrogen-bond acceptors (Lipinski definition) is 6. The van der Waals surface area contributed by atoms with Gasteiger partial charge in [-0.05, 0) is 100 Å². The van der Waals surface area contributed by atoms with E-state index in [9.17, 15) is 19.2 Å². The van der Waals surface area contributed by atoms with Gasteiger partial charge in [0.15, 0.2) is 0 Å². The highest BCUT2D eigenvalue weighted by Gasteiger charge is 2.52. The van der Waals surface area contributed by atoms with Gasteiger partial charge in [-0.1, -0.05) is 142 Å². The Bertz CT molecular complexity index is 1270. The molecule has 4 heterocycles. The highest BCUT2D eigenvalue weighted by Crippen LogP contribution is 2.42. The number of hydrogen-bond donors (Lipinski definition) is 1. The van der Waals surface area contributed by atoms with Crippen LogP contribution in [0, 0.1) is 11.8 Å². The van der Waals surface area contributed by atoms with Crippen molar-refractivity contribution in [2.75, 3.05) is 7.05 Å². The number of unbranched alkanes of at least 4 members (excludes halogenated alkanes) is 18. The highest BCUT2D eigenvalue weighted by molar-refractivity contribution is 6.04. The van der Waals surface area contributed by atoms with Crippen LogP contribution in [-0.2, 0) is 19.2 Å². The Morgan fingerprint density at radius 3 is 1.37 bits per heavy atom. The summed E-state index contributed by atoms with van der Waals surface area (Å²) < 4.78 is 0. The van der Waals surface area contributed by atoms with Gasteiger partial charge in [0.1, 0.15) is 0 Å². The van der Waals surface area contributed by atoms with E-state index in [2.05, 4.69) is 86.5 Å². The second-order valence-corrected chi connectivity index (χ2v) is 22.0. The highest BCUT2D eigenvalue weighted by atomic mass is 16.2. The number of amides is 4. The number of piperidine rings is 2. The molecule has 0 spiro atoms. The molecule has 0 bridgehead atoms. The van der Waals surface area contributed by atoms with Gasteiger partial charge in [0.2, 0.25) is 23.6 Å². The number of rotatable bonds is 24. The number of likely N-dealkylation sites (tertiary alicyclic amines) is 3. The molecule has 59 heavy (non-hydrogen) atoms. The normalized spacial score (nSPS) is 25.5. The van der Waals surface area contributed by atoms with Gasteiger partial charge in [-0.15, -0.1) is 0 Å². The third-order valence-corrected chi connectivity index (χ3v) is 14.9. The van der Waals surface area contributed by atoms with E-state index in [0.717, 1.165) is 38.5 Å². The molecule has 8 nitrogen and oxygen atoms in total. The Morgan fingerprint density at radius 1 is 0.525 bits per heavy atom. The molecule has 8 heteroatoms. The van der Waals surface area contributed by atoms with E-state index >= 15 is 0 Å². The lowest BCUT2D eigenvalue weighted by atomic mass is 9.69. The van der Waals surface area contributed by atoms with Crippen LogP contribution in [0.5, 0.6) is 0 Å². The predicted molar refractivity (Wildman–Crippen MR) is 246 cm³/mol. The third-order valence-electron chi connectivity index (χ3n) is 14.9. The second kappa shape index (κ2) is 24.2. The van der Waals surface area contributed by atoms with Gasteiger partial charge in [0.25, 0.3) is 0 Å². The molecule has 3 unspecified atom stereocenters. The zero-order valence-corrected chi connectivity index (χ0v) is 40.6. The van der Waals surface area contributed by atoms with E-state index < -0.39 is 0 Å². The van der Waals surface area contributed by atoms with Crippen molar-refractivity contribution in [2.24, 2.45) is 11.8 Å². The summed E-state index contributed by atoms with van der Waals surface area (Å²) in [4.78, 5) is 56.5. The smallest absolute Gasteiger partial charge is 0.233 e.